The molecule has 3 rings (SSSR count). The van der Waals surface area contributed by atoms with Crippen LogP contribution in [0.25, 0.3) is 0 Å². The molecule has 2 aromatic rings. The number of nitro groups is 1. The third kappa shape index (κ3) is 2.69. The molecule has 0 amide bonds. The highest BCUT2D eigenvalue weighted by molar-refractivity contribution is 5.63. The number of hydrogen-bond donors (Lipinski definition) is 2. The average molecular weight is 384 g/mol. The zero-order chi connectivity index (χ0) is 20.7. The van der Waals surface area contributed by atoms with Crippen LogP contribution in [-0.4, -0.2) is 21.7 Å². The molecule has 10 heteroatoms. The maximum absolute atomic E-state index is 12.9. The number of pyridine rings is 1. The van der Waals surface area contributed by atoms with Gasteiger partial charge in [-0.1, -0.05) is 0 Å². The third-order valence-corrected chi connectivity index (χ3v) is 4.68. The number of nitro benzene ring substituents is 1. The molecule has 0 bridgehead atoms. The van der Waals surface area contributed by atoms with Gasteiger partial charge in [-0.3, -0.25) is 14.9 Å². The Morgan fingerprint density at radius 1 is 1.43 bits per heavy atom. The number of methoxy groups -OCH3 is 1. The summed E-state index contributed by atoms with van der Waals surface area (Å²) >= 11 is 0. The van der Waals surface area contributed by atoms with Crippen molar-refractivity contribution in [3.8, 4) is 23.3 Å². The fraction of sp³-hybridized carbons (Fsp3) is 0.222. The summed E-state index contributed by atoms with van der Waals surface area (Å²) in [6.07, 6.45) is 0. The number of phenolic OH excluding ortho intramolecular Hbond substituents is 1. The van der Waals surface area contributed by atoms with Gasteiger partial charge < -0.3 is 24.9 Å². The number of phenols is 1. The molecule has 1 aromatic carbocycles. The number of aromatic nitrogens is 1. The molecule has 144 valence electrons. The highest BCUT2D eigenvalue weighted by atomic mass is 16.6. The van der Waals surface area contributed by atoms with Gasteiger partial charge in [0, 0.05) is 24.9 Å². The van der Waals surface area contributed by atoms with Crippen molar-refractivity contribution >= 4 is 5.69 Å². The van der Waals surface area contributed by atoms with Gasteiger partial charge in [0.15, 0.2) is 5.75 Å². The second-order valence-corrected chi connectivity index (χ2v) is 6.20. The summed E-state index contributed by atoms with van der Waals surface area (Å²) in [6.45, 7) is 1.70. The van der Waals surface area contributed by atoms with E-state index in [4.69, 9.17) is 15.2 Å². The van der Waals surface area contributed by atoms with Gasteiger partial charge >= 0.3 is 5.69 Å². The average Bonchev–Trinajstić information content (AvgIpc) is 2.65. The molecule has 1 aliphatic rings. The molecule has 0 radical (unpaired) electrons. The number of benzene rings is 1. The quantitative estimate of drug-likeness (QED) is 0.596. The second kappa shape index (κ2) is 6.62. The smallest absolute Gasteiger partial charge is 0.314 e. The van der Waals surface area contributed by atoms with Gasteiger partial charge in [-0.2, -0.15) is 5.26 Å². The van der Waals surface area contributed by atoms with Crippen LogP contribution in [-0.2, 0) is 7.05 Å². The van der Waals surface area contributed by atoms with Gasteiger partial charge in [0.2, 0.25) is 11.6 Å². The number of ether oxygens (including phenoxy) is 2. The molecule has 1 aliphatic heterocycles. The van der Waals surface area contributed by atoms with Crippen molar-refractivity contribution in [1.29, 1.82) is 5.26 Å². The Labute approximate surface area is 158 Å². The molecule has 2 heterocycles. The Hall–Kier alpha value is -4.00. The van der Waals surface area contributed by atoms with E-state index in [1.54, 1.807) is 20.0 Å². The Kier molecular flexibility index (Phi) is 4.44. The second-order valence-electron chi connectivity index (χ2n) is 6.20. The molecule has 1 aromatic heterocycles. The minimum atomic E-state index is -1.03. The summed E-state index contributed by atoms with van der Waals surface area (Å²) < 4.78 is 11.9. The van der Waals surface area contributed by atoms with Crippen molar-refractivity contribution in [1.82, 2.24) is 4.57 Å². The van der Waals surface area contributed by atoms with E-state index in [0.717, 1.165) is 6.07 Å². The van der Waals surface area contributed by atoms with Crippen LogP contribution in [0.3, 0.4) is 0 Å². The van der Waals surface area contributed by atoms with Crippen LogP contribution in [0.4, 0.5) is 5.69 Å². The van der Waals surface area contributed by atoms with Crippen LogP contribution in [0, 0.1) is 28.4 Å². The first-order valence-electron chi connectivity index (χ1n) is 8.04. The molecule has 0 spiro atoms. The summed E-state index contributed by atoms with van der Waals surface area (Å²) in [4.78, 5) is 23.5. The number of nitrogens with zero attached hydrogens (tertiary/aromatic N) is 3. The van der Waals surface area contributed by atoms with E-state index in [9.17, 15) is 25.3 Å². The Morgan fingerprint density at radius 3 is 2.68 bits per heavy atom. The molecule has 28 heavy (non-hydrogen) atoms. The lowest BCUT2D eigenvalue weighted by atomic mass is 9.83. The first kappa shape index (κ1) is 18.8. The van der Waals surface area contributed by atoms with Crippen LogP contribution < -0.4 is 20.8 Å². The fourth-order valence-electron chi connectivity index (χ4n) is 3.15. The SMILES string of the molecule is COc1cc(C2C(C#N)=C(N)Oc3cc(C)n(C)c(=O)c32)cc([N+](=O)[O-])c1O. The maximum Gasteiger partial charge on any atom is 0.314 e. The van der Waals surface area contributed by atoms with Gasteiger partial charge in [0.25, 0.3) is 5.56 Å². The predicted molar refractivity (Wildman–Crippen MR) is 97.0 cm³/mol. The van der Waals surface area contributed by atoms with Crippen molar-refractivity contribution in [2.45, 2.75) is 12.8 Å². The van der Waals surface area contributed by atoms with Gasteiger partial charge in [0.05, 0.1) is 23.5 Å². The van der Waals surface area contributed by atoms with Crippen molar-refractivity contribution < 1.29 is 19.5 Å². The van der Waals surface area contributed by atoms with Crippen LogP contribution in [0.5, 0.6) is 17.2 Å². The minimum absolute atomic E-state index is 0.0736. The molecule has 0 fully saturated rings. The van der Waals surface area contributed by atoms with Gasteiger partial charge in [-0.25, -0.2) is 0 Å². The summed E-state index contributed by atoms with van der Waals surface area (Å²) in [6, 6.07) is 5.92. The zero-order valence-corrected chi connectivity index (χ0v) is 15.2. The fourth-order valence-corrected chi connectivity index (χ4v) is 3.15. The number of allylic oxidation sites excluding steroid dienone is 1. The molecule has 1 unspecified atom stereocenters. The number of fused-ring (bicyclic) bond motifs is 1. The van der Waals surface area contributed by atoms with Crippen LogP contribution >= 0.6 is 0 Å². The zero-order valence-electron chi connectivity index (χ0n) is 15.2. The normalized spacial score (nSPS) is 15.4. The van der Waals surface area contributed by atoms with Gasteiger partial charge in [0.1, 0.15) is 17.4 Å². The lowest BCUT2D eigenvalue weighted by molar-refractivity contribution is -0.386. The van der Waals surface area contributed by atoms with E-state index < -0.39 is 27.8 Å². The van der Waals surface area contributed by atoms with E-state index in [1.807, 2.05) is 6.07 Å². The number of aromatic hydroxyl groups is 1. The number of nitrogens with two attached hydrogens (primary N) is 1. The van der Waals surface area contributed by atoms with Crippen molar-refractivity contribution in [3.05, 3.63) is 66.9 Å². The monoisotopic (exact) mass is 384 g/mol. The topological polar surface area (TPSA) is 154 Å². The molecule has 10 nitrogen and oxygen atoms in total. The van der Waals surface area contributed by atoms with E-state index in [2.05, 4.69) is 0 Å². The van der Waals surface area contributed by atoms with Gasteiger partial charge in [-0.15, -0.1) is 0 Å². The molecule has 1 atom stereocenters. The standard InChI is InChI=1S/C18H16N4O6/c1-8-4-12-15(18(24)21(8)2)14(10(7-19)17(20)28-12)9-5-11(22(25)26)16(23)13(6-9)27-3/h4-6,14,23H,20H2,1-3H3. The maximum atomic E-state index is 12.9. The molecule has 0 aliphatic carbocycles. The largest absolute Gasteiger partial charge is 0.500 e. The summed E-state index contributed by atoms with van der Waals surface area (Å²) in [5.74, 6) is -1.90. The summed E-state index contributed by atoms with van der Waals surface area (Å²) in [5, 5.41) is 31.0. The Balaban J connectivity index is 2.40. The summed E-state index contributed by atoms with van der Waals surface area (Å²) in [5.41, 5.74) is 5.65. The Bertz CT molecular complexity index is 1140. The van der Waals surface area contributed by atoms with Crippen molar-refractivity contribution in [2.24, 2.45) is 12.8 Å². The highest BCUT2D eigenvalue weighted by Crippen LogP contribution is 2.45. The first-order valence-corrected chi connectivity index (χ1v) is 8.04. The molecule has 0 saturated heterocycles. The number of nitriles is 1. The van der Waals surface area contributed by atoms with Crippen molar-refractivity contribution in [2.75, 3.05) is 7.11 Å². The van der Waals surface area contributed by atoms with Gasteiger partial charge in [-0.05, 0) is 18.6 Å². The Morgan fingerprint density at radius 2 is 2.11 bits per heavy atom. The molecule has 3 N–H and O–H groups in total. The van der Waals surface area contributed by atoms with Crippen LogP contribution in [0.2, 0.25) is 0 Å². The number of aryl methyl sites for hydroxylation is 1. The van der Waals surface area contributed by atoms with E-state index in [1.165, 1.54) is 17.7 Å². The first-order chi connectivity index (χ1) is 13.2. The molecular weight excluding hydrogens is 368 g/mol. The summed E-state index contributed by atoms with van der Waals surface area (Å²) in [7, 11) is 2.79. The van der Waals surface area contributed by atoms with E-state index in [0.29, 0.717) is 5.69 Å². The van der Waals surface area contributed by atoms with Crippen LogP contribution in [0.15, 0.2) is 34.4 Å². The predicted octanol–water partition coefficient (Wildman–Crippen LogP) is 1.53. The lowest BCUT2D eigenvalue weighted by Gasteiger charge is -2.27. The molecule has 0 saturated carbocycles. The van der Waals surface area contributed by atoms with E-state index >= 15 is 0 Å². The number of rotatable bonds is 3. The molecular formula is C18H16N4O6. The minimum Gasteiger partial charge on any atom is -0.500 e. The van der Waals surface area contributed by atoms with Crippen molar-refractivity contribution in [3.63, 3.8) is 0 Å². The lowest BCUT2D eigenvalue weighted by Crippen LogP contribution is -2.31. The highest BCUT2D eigenvalue weighted by Gasteiger charge is 2.36. The van der Waals surface area contributed by atoms with E-state index in [-0.39, 0.29) is 34.1 Å². The number of hydrogen-bond acceptors (Lipinski definition) is 8. The van der Waals surface area contributed by atoms with Crippen LogP contribution in [0.1, 0.15) is 22.7 Å². The third-order valence-electron chi connectivity index (χ3n) is 4.68.